The molecule has 1 radical (unpaired) electrons. The van der Waals surface area contributed by atoms with Gasteiger partial charge in [-0.25, -0.2) is 0 Å². The number of unbranched alkanes of at least 4 members (excludes halogenated alkanes) is 1. The van der Waals surface area contributed by atoms with Crippen LogP contribution in [0.15, 0.2) is 0 Å². The summed E-state index contributed by atoms with van der Waals surface area (Å²) in [6.07, 6.45) is 2.06. The maximum atomic E-state index is 9.94. The number of hydrogen-bond acceptors (Lipinski definition) is 1. The summed E-state index contributed by atoms with van der Waals surface area (Å²) in [7, 11) is 0. The van der Waals surface area contributed by atoms with Gasteiger partial charge in [0.1, 0.15) is 0 Å². The highest BCUT2D eigenvalue weighted by molar-refractivity contribution is 6.63. The molecule has 0 N–H and O–H groups in total. The molecule has 0 atom stereocenters. The van der Waals surface area contributed by atoms with Gasteiger partial charge in [-0.1, -0.05) is 13.3 Å². The Bertz CT molecular complexity index is 61.1. The van der Waals surface area contributed by atoms with E-state index in [9.17, 15) is 4.79 Å². The standard InChI is InChI=1S/C5H8ClO/c1-2-3-4-5(6)7/h1-4H2. The predicted octanol–water partition coefficient (Wildman–Crippen LogP) is 1.76. The lowest BCUT2D eigenvalue weighted by molar-refractivity contribution is -0.111. The monoisotopic (exact) mass is 119 g/mol. The molecule has 0 saturated carbocycles. The maximum absolute atomic E-state index is 9.94. The summed E-state index contributed by atoms with van der Waals surface area (Å²) in [5.41, 5.74) is 0. The maximum Gasteiger partial charge on any atom is 0.221 e. The second-order valence-corrected chi connectivity index (χ2v) is 1.73. The van der Waals surface area contributed by atoms with Gasteiger partial charge in [0, 0.05) is 6.42 Å². The summed E-state index contributed by atoms with van der Waals surface area (Å²) in [5, 5.41) is -0.261. The van der Waals surface area contributed by atoms with Gasteiger partial charge in [-0.05, 0) is 18.0 Å². The normalized spacial score (nSPS) is 8.86. The summed E-state index contributed by atoms with van der Waals surface area (Å²) in [5.74, 6) is 0. The van der Waals surface area contributed by atoms with Crippen LogP contribution in [-0.4, -0.2) is 5.24 Å². The molecule has 0 aromatic carbocycles. The quantitative estimate of drug-likeness (QED) is 0.518. The van der Waals surface area contributed by atoms with Gasteiger partial charge in [-0.3, -0.25) is 4.79 Å². The molecule has 0 unspecified atom stereocenters. The number of hydrogen-bond donors (Lipinski definition) is 0. The first-order chi connectivity index (χ1) is 3.27. The number of carbonyl (C=O) groups excluding carboxylic acids is 1. The van der Waals surface area contributed by atoms with Crippen LogP contribution in [0.4, 0.5) is 0 Å². The fourth-order valence-electron chi connectivity index (χ4n) is 0.264. The Labute approximate surface area is 48.7 Å². The van der Waals surface area contributed by atoms with Crippen LogP contribution in [0.25, 0.3) is 0 Å². The van der Waals surface area contributed by atoms with Crippen LogP contribution in [0.2, 0.25) is 0 Å². The van der Waals surface area contributed by atoms with E-state index in [1.165, 1.54) is 0 Å². The van der Waals surface area contributed by atoms with Crippen molar-refractivity contribution in [3.8, 4) is 0 Å². The third-order valence-electron chi connectivity index (χ3n) is 0.623. The second-order valence-electron chi connectivity index (χ2n) is 1.31. The Balaban J connectivity index is 2.82. The highest BCUT2D eigenvalue weighted by Gasteiger charge is 1.90. The van der Waals surface area contributed by atoms with E-state index in [1.807, 2.05) is 0 Å². The summed E-state index contributed by atoms with van der Waals surface area (Å²) < 4.78 is 0. The van der Waals surface area contributed by atoms with Crippen LogP contribution in [0.3, 0.4) is 0 Å². The van der Waals surface area contributed by atoms with Gasteiger partial charge in [-0.15, -0.1) is 0 Å². The smallest absolute Gasteiger partial charge is 0.221 e. The van der Waals surface area contributed by atoms with E-state index in [1.54, 1.807) is 0 Å². The molecule has 0 fully saturated rings. The van der Waals surface area contributed by atoms with E-state index in [2.05, 4.69) is 6.92 Å². The van der Waals surface area contributed by atoms with Crippen LogP contribution in [-0.2, 0) is 4.79 Å². The molecule has 0 aliphatic heterocycles. The summed E-state index contributed by atoms with van der Waals surface area (Å²) >= 11 is 4.99. The van der Waals surface area contributed by atoms with Gasteiger partial charge in [-0.2, -0.15) is 0 Å². The van der Waals surface area contributed by atoms with Crippen molar-refractivity contribution in [2.75, 3.05) is 0 Å². The zero-order chi connectivity index (χ0) is 5.70. The summed E-state index contributed by atoms with van der Waals surface area (Å²) in [6, 6.07) is 0. The van der Waals surface area contributed by atoms with E-state index < -0.39 is 0 Å². The SMILES string of the molecule is [CH2]CCCC(=O)Cl. The first-order valence-electron chi connectivity index (χ1n) is 2.25. The zero-order valence-corrected chi connectivity index (χ0v) is 4.87. The number of rotatable bonds is 3. The van der Waals surface area contributed by atoms with Crippen molar-refractivity contribution in [1.29, 1.82) is 0 Å². The molecule has 0 aromatic heterocycles. The Kier molecular flexibility index (Phi) is 4.10. The van der Waals surface area contributed by atoms with Gasteiger partial charge < -0.3 is 0 Å². The largest absolute Gasteiger partial charge is 0.281 e. The molecule has 0 aromatic rings. The fraction of sp³-hybridized carbons (Fsp3) is 0.600. The van der Waals surface area contributed by atoms with E-state index >= 15 is 0 Å². The molecule has 0 rings (SSSR count). The molecule has 0 heterocycles. The van der Waals surface area contributed by atoms with E-state index in [-0.39, 0.29) is 5.24 Å². The fourth-order valence-corrected chi connectivity index (χ4v) is 0.398. The molecule has 0 saturated heterocycles. The predicted molar refractivity (Wildman–Crippen MR) is 30.1 cm³/mol. The molecule has 0 aliphatic carbocycles. The summed E-state index contributed by atoms with van der Waals surface area (Å²) in [6.45, 7) is 3.55. The Hall–Kier alpha value is -0.0400. The summed E-state index contributed by atoms with van der Waals surface area (Å²) in [4.78, 5) is 9.94. The Morgan fingerprint density at radius 3 is 2.43 bits per heavy atom. The number of halogens is 1. The molecule has 0 spiro atoms. The molecule has 2 heteroatoms. The minimum atomic E-state index is -0.261. The third kappa shape index (κ3) is 5.96. The van der Waals surface area contributed by atoms with Crippen molar-refractivity contribution >= 4 is 16.8 Å². The van der Waals surface area contributed by atoms with Crippen LogP contribution >= 0.6 is 11.6 Å². The lowest BCUT2D eigenvalue weighted by Crippen LogP contribution is -1.82. The van der Waals surface area contributed by atoms with Gasteiger partial charge in [0.2, 0.25) is 5.24 Å². The molecule has 0 amide bonds. The molecule has 41 valence electrons. The average Bonchev–Trinajstić information content (AvgIpc) is 1.61. The lowest BCUT2D eigenvalue weighted by atomic mass is 10.3. The van der Waals surface area contributed by atoms with Gasteiger partial charge >= 0.3 is 0 Å². The van der Waals surface area contributed by atoms with E-state index in [0.29, 0.717) is 6.42 Å². The number of carbonyl (C=O) groups is 1. The van der Waals surface area contributed by atoms with Crippen molar-refractivity contribution in [3.63, 3.8) is 0 Å². The lowest BCUT2D eigenvalue weighted by Gasteiger charge is -1.84. The van der Waals surface area contributed by atoms with Crippen LogP contribution in [0.1, 0.15) is 19.3 Å². The average molecular weight is 120 g/mol. The van der Waals surface area contributed by atoms with Gasteiger partial charge in [0.15, 0.2) is 0 Å². The minimum absolute atomic E-state index is 0.261. The van der Waals surface area contributed by atoms with Crippen molar-refractivity contribution in [1.82, 2.24) is 0 Å². The van der Waals surface area contributed by atoms with Crippen molar-refractivity contribution in [2.45, 2.75) is 19.3 Å². The highest BCUT2D eigenvalue weighted by atomic mass is 35.5. The zero-order valence-electron chi connectivity index (χ0n) is 4.11. The van der Waals surface area contributed by atoms with Crippen LogP contribution in [0, 0.1) is 6.92 Å². The minimum Gasteiger partial charge on any atom is -0.281 e. The Morgan fingerprint density at radius 1 is 1.71 bits per heavy atom. The van der Waals surface area contributed by atoms with Crippen LogP contribution in [0.5, 0.6) is 0 Å². The molecule has 1 nitrogen and oxygen atoms in total. The topological polar surface area (TPSA) is 17.1 Å². The molecule has 7 heavy (non-hydrogen) atoms. The molecule has 0 bridgehead atoms. The molecular weight excluding hydrogens is 112 g/mol. The molecular formula is C5H8ClO. The highest BCUT2D eigenvalue weighted by Crippen LogP contribution is 1.96. The third-order valence-corrected chi connectivity index (χ3v) is 0.812. The first-order valence-corrected chi connectivity index (χ1v) is 2.62. The van der Waals surface area contributed by atoms with Crippen molar-refractivity contribution < 1.29 is 4.79 Å². The van der Waals surface area contributed by atoms with Crippen LogP contribution < -0.4 is 0 Å². The van der Waals surface area contributed by atoms with Crippen molar-refractivity contribution in [3.05, 3.63) is 6.92 Å². The van der Waals surface area contributed by atoms with E-state index in [4.69, 9.17) is 11.6 Å². The Morgan fingerprint density at radius 2 is 2.29 bits per heavy atom. The molecule has 0 aliphatic rings. The first kappa shape index (κ1) is 6.96. The van der Waals surface area contributed by atoms with Crippen molar-refractivity contribution in [2.24, 2.45) is 0 Å². The van der Waals surface area contributed by atoms with Gasteiger partial charge in [0.25, 0.3) is 0 Å². The van der Waals surface area contributed by atoms with Gasteiger partial charge in [0.05, 0.1) is 0 Å². The second kappa shape index (κ2) is 4.13. The van der Waals surface area contributed by atoms with E-state index in [0.717, 1.165) is 12.8 Å².